The largest absolute Gasteiger partial charge is 0.364 e. The Hall–Kier alpha value is -2.52. The summed E-state index contributed by atoms with van der Waals surface area (Å²) in [5.74, 6) is 0.181. The lowest BCUT2D eigenvalue weighted by Crippen LogP contribution is -2.29. The summed E-state index contributed by atoms with van der Waals surface area (Å²) in [5.41, 5.74) is 6.06. The Labute approximate surface area is 166 Å². The van der Waals surface area contributed by atoms with E-state index in [0.29, 0.717) is 18.0 Å². The van der Waals surface area contributed by atoms with Gasteiger partial charge >= 0.3 is 5.69 Å². The van der Waals surface area contributed by atoms with Crippen LogP contribution in [0.3, 0.4) is 0 Å². The second-order valence-electron chi connectivity index (χ2n) is 6.91. The van der Waals surface area contributed by atoms with Crippen LogP contribution in [0.5, 0.6) is 0 Å². The van der Waals surface area contributed by atoms with E-state index in [0.717, 1.165) is 31.9 Å². The molecule has 0 aliphatic heterocycles. The molecule has 10 heteroatoms. The summed E-state index contributed by atoms with van der Waals surface area (Å²) < 4.78 is 14.0. The second kappa shape index (κ2) is 9.11. The third kappa shape index (κ3) is 5.05. The van der Waals surface area contributed by atoms with Gasteiger partial charge in [-0.25, -0.2) is 9.37 Å². The molecule has 1 aliphatic carbocycles. The van der Waals surface area contributed by atoms with Crippen molar-refractivity contribution in [2.24, 2.45) is 11.7 Å². The van der Waals surface area contributed by atoms with Gasteiger partial charge in [-0.2, -0.15) is 4.98 Å². The fourth-order valence-corrected chi connectivity index (χ4v) is 3.41. The summed E-state index contributed by atoms with van der Waals surface area (Å²) >= 11 is 5.77. The fourth-order valence-electron chi connectivity index (χ4n) is 3.22. The predicted octanol–water partition coefficient (Wildman–Crippen LogP) is 3.72. The number of anilines is 2. The number of nitrogens with two attached hydrogens (primary N) is 1. The van der Waals surface area contributed by atoms with E-state index in [2.05, 4.69) is 20.6 Å². The quantitative estimate of drug-likeness (QED) is 0.471. The van der Waals surface area contributed by atoms with Gasteiger partial charge < -0.3 is 16.4 Å². The number of hydrogen-bond acceptors (Lipinski definition) is 7. The van der Waals surface area contributed by atoms with Crippen molar-refractivity contribution in [3.05, 3.63) is 50.9 Å². The van der Waals surface area contributed by atoms with E-state index in [1.165, 1.54) is 6.07 Å². The average molecular weight is 409 g/mol. The molecule has 1 aliphatic rings. The van der Waals surface area contributed by atoms with Gasteiger partial charge in [0, 0.05) is 24.7 Å². The summed E-state index contributed by atoms with van der Waals surface area (Å²) in [6.45, 7) is 0.678. The number of rotatable bonds is 7. The third-order valence-electron chi connectivity index (χ3n) is 4.88. The molecule has 1 heterocycles. The average Bonchev–Trinajstić information content (AvgIpc) is 2.68. The molecule has 0 saturated heterocycles. The van der Waals surface area contributed by atoms with E-state index in [1.54, 1.807) is 12.1 Å². The molecule has 0 unspecified atom stereocenters. The van der Waals surface area contributed by atoms with Crippen molar-refractivity contribution in [1.82, 2.24) is 9.97 Å². The van der Waals surface area contributed by atoms with Gasteiger partial charge in [0.25, 0.3) is 0 Å². The Bertz CT molecular complexity index is 845. The van der Waals surface area contributed by atoms with Crippen LogP contribution in [0.4, 0.5) is 21.8 Å². The van der Waals surface area contributed by atoms with Crippen LogP contribution >= 0.6 is 11.6 Å². The van der Waals surface area contributed by atoms with Gasteiger partial charge in [0.1, 0.15) is 12.0 Å². The Morgan fingerprint density at radius 2 is 2.04 bits per heavy atom. The molecule has 1 fully saturated rings. The topological polar surface area (TPSA) is 119 Å². The van der Waals surface area contributed by atoms with E-state index < -0.39 is 10.7 Å². The first-order valence-electron chi connectivity index (χ1n) is 9.11. The molecule has 28 heavy (non-hydrogen) atoms. The highest BCUT2D eigenvalue weighted by molar-refractivity contribution is 6.30. The molecular weight excluding hydrogens is 387 g/mol. The Kier molecular flexibility index (Phi) is 6.58. The van der Waals surface area contributed by atoms with Crippen LogP contribution in [0, 0.1) is 21.8 Å². The molecule has 1 aromatic heterocycles. The van der Waals surface area contributed by atoms with Crippen LogP contribution in [0.1, 0.15) is 31.2 Å². The smallest absolute Gasteiger partial charge is 0.329 e. The number of nitro groups is 1. The minimum Gasteiger partial charge on any atom is -0.364 e. The molecule has 0 radical (unpaired) electrons. The van der Waals surface area contributed by atoms with Crippen molar-refractivity contribution in [3.8, 4) is 0 Å². The monoisotopic (exact) mass is 408 g/mol. The number of nitrogens with one attached hydrogen (secondary N) is 2. The highest BCUT2D eigenvalue weighted by Gasteiger charge is 2.22. The SMILES string of the molecule is NC1CCC(CNc2nc(NCc3cccc(Cl)c3F)ncc2[N+](=O)[O-])CC1. The first kappa shape index (κ1) is 20.2. The minimum absolute atomic E-state index is 0.0264. The standard InChI is InChI=1S/C18H22ClFN6O2/c19-14-3-1-2-12(16(14)20)9-23-18-24-10-15(26(27)28)17(25-18)22-8-11-4-6-13(21)7-5-11/h1-3,10-11,13H,4-9,21H2,(H2,22,23,24,25). The number of benzene rings is 1. The molecular formula is C18H22ClFN6O2. The molecule has 3 rings (SSSR count). The summed E-state index contributed by atoms with van der Waals surface area (Å²) in [4.78, 5) is 18.9. The maximum absolute atomic E-state index is 14.0. The zero-order valence-corrected chi connectivity index (χ0v) is 16.0. The highest BCUT2D eigenvalue weighted by atomic mass is 35.5. The first-order valence-corrected chi connectivity index (χ1v) is 9.49. The van der Waals surface area contributed by atoms with Crippen molar-refractivity contribution < 1.29 is 9.31 Å². The number of hydrogen-bond donors (Lipinski definition) is 3. The van der Waals surface area contributed by atoms with E-state index in [-0.39, 0.29) is 35.1 Å². The highest BCUT2D eigenvalue weighted by Crippen LogP contribution is 2.27. The van der Waals surface area contributed by atoms with Crippen molar-refractivity contribution in [3.63, 3.8) is 0 Å². The number of nitrogens with zero attached hydrogens (tertiary/aromatic N) is 3. The molecule has 0 amide bonds. The van der Waals surface area contributed by atoms with Crippen molar-refractivity contribution in [2.45, 2.75) is 38.3 Å². The van der Waals surface area contributed by atoms with Crippen LogP contribution < -0.4 is 16.4 Å². The van der Waals surface area contributed by atoms with Crippen molar-refractivity contribution in [1.29, 1.82) is 0 Å². The van der Waals surface area contributed by atoms with Gasteiger partial charge in [0.05, 0.1) is 9.95 Å². The van der Waals surface area contributed by atoms with Crippen LogP contribution in [0.15, 0.2) is 24.4 Å². The van der Waals surface area contributed by atoms with E-state index in [9.17, 15) is 14.5 Å². The summed E-state index contributed by atoms with van der Waals surface area (Å²) in [7, 11) is 0. The molecule has 150 valence electrons. The number of aromatic nitrogens is 2. The normalized spacial score (nSPS) is 19.2. The zero-order valence-electron chi connectivity index (χ0n) is 15.2. The molecule has 1 saturated carbocycles. The van der Waals surface area contributed by atoms with Gasteiger partial charge in [-0.15, -0.1) is 0 Å². The predicted molar refractivity (Wildman–Crippen MR) is 106 cm³/mol. The lowest BCUT2D eigenvalue weighted by Gasteiger charge is -2.26. The van der Waals surface area contributed by atoms with E-state index >= 15 is 0 Å². The lowest BCUT2D eigenvalue weighted by atomic mass is 9.86. The molecule has 0 bridgehead atoms. The van der Waals surface area contributed by atoms with E-state index in [4.69, 9.17) is 17.3 Å². The molecule has 4 N–H and O–H groups in total. The maximum Gasteiger partial charge on any atom is 0.329 e. The Morgan fingerprint density at radius 1 is 1.29 bits per heavy atom. The van der Waals surface area contributed by atoms with Crippen molar-refractivity contribution >= 4 is 29.1 Å². The summed E-state index contributed by atoms with van der Waals surface area (Å²) in [5, 5.41) is 17.2. The zero-order chi connectivity index (χ0) is 20.1. The first-order chi connectivity index (χ1) is 13.4. The fraction of sp³-hybridized carbons (Fsp3) is 0.444. The van der Waals surface area contributed by atoms with E-state index in [1.807, 2.05) is 0 Å². The molecule has 2 aromatic rings. The van der Waals surface area contributed by atoms with Gasteiger partial charge in [0.2, 0.25) is 11.8 Å². The van der Waals surface area contributed by atoms with Crippen LogP contribution in [0.25, 0.3) is 0 Å². The van der Waals surface area contributed by atoms with Gasteiger partial charge in [0.15, 0.2) is 0 Å². The summed E-state index contributed by atoms with van der Waals surface area (Å²) in [6, 6.07) is 4.94. The van der Waals surface area contributed by atoms with Crippen LogP contribution in [-0.2, 0) is 6.54 Å². The molecule has 8 nitrogen and oxygen atoms in total. The number of halogens is 2. The van der Waals surface area contributed by atoms with Gasteiger partial charge in [-0.3, -0.25) is 10.1 Å². The molecule has 0 spiro atoms. The van der Waals surface area contributed by atoms with Gasteiger partial charge in [-0.05, 0) is 37.7 Å². The summed E-state index contributed by atoms with van der Waals surface area (Å²) in [6.07, 6.45) is 5.01. The van der Waals surface area contributed by atoms with Crippen molar-refractivity contribution in [2.75, 3.05) is 17.2 Å². The molecule has 1 aromatic carbocycles. The van der Waals surface area contributed by atoms with Crippen LogP contribution in [-0.4, -0.2) is 27.5 Å². The Balaban J connectivity index is 1.68. The lowest BCUT2D eigenvalue weighted by molar-refractivity contribution is -0.384. The maximum atomic E-state index is 14.0. The Morgan fingerprint density at radius 3 is 2.75 bits per heavy atom. The second-order valence-corrected chi connectivity index (χ2v) is 7.32. The molecule has 0 atom stereocenters. The van der Waals surface area contributed by atoms with Crippen LogP contribution in [0.2, 0.25) is 5.02 Å². The third-order valence-corrected chi connectivity index (χ3v) is 5.18. The minimum atomic E-state index is -0.528. The van der Waals surface area contributed by atoms with Gasteiger partial charge in [-0.1, -0.05) is 23.7 Å².